The van der Waals surface area contributed by atoms with Crippen LogP contribution in [-0.4, -0.2) is 34.4 Å². The first-order valence-corrected chi connectivity index (χ1v) is 7.11. The molecular weight excluding hydrogens is 296 g/mol. The molecule has 2 aromatic carbocycles. The topological polar surface area (TPSA) is 54.0 Å². The lowest BCUT2D eigenvalue weighted by Gasteiger charge is -2.15. The maximum Gasteiger partial charge on any atom is 0.309 e. The van der Waals surface area contributed by atoms with E-state index in [1.807, 2.05) is 30.3 Å². The van der Waals surface area contributed by atoms with Crippen LogP contribution in [-0.2, 0) is 9.53 Å². The molecule has 0 amide bonds. The van der Waals surface area contributed by atoms with Gasteiger partial charge in [0.2, 0.25) is 0 Å². The van der Waals surface area contributed by atoms with Crippen molar-refractivity contribution >= 4 is 22.8 Å². The summed E-state index contributed by atoms with van der Waals surface area (Å²) in [5.41, 5.74) is 0.814. The highest BCUT2D eigenvalue weighted by molar-refractivity contribution is 6.00. The minimum atomic E-state index is -0.297. The van der Waals surface area contributed by atoms with Crippen molar-refractivity contribution in [2.24, 2.45) is 0 Å². The van der Waals surface area contributed by atoms with Crippen molar-refractivity contribution in [1.29, 1.82) is 0 Å². The average molecular weight is 316 g/mol. The monoisotopic (exact) mass is 316 g/mol. The van der Waals surface area contributed by atoms with Gasteiger partial charge in [0.15, 0.2) is 0 Å². The molecule has 23 heavy (non-hydrogen) atoms. The van der Waals surface area contributed by atoms with Gasteiger partial charge < -0.3 is 18.9 Å². The van der Waals surface area contributed by atoms with Crippen molar-refractivity contribution in [3.63, 3.8) is 0 Å². The molecule has 0 aliphatic carbocycles. The molecule has 122 valence electrons. The number of benzene rings is 2. The van der Waals surface area contributed by atoms with Gasteiger partial charge in [-0.3, -0.25) is 4.79 Å². The van der Waals surface area contributed by atoms with E-state index in [2.05, 4.69) is 4.74 Å². The molecule has 0 aliphatic rings. The molecule has 0 saturated heterocycles. The first kappa shape index (κ1) is 16.7. The fourth-order valence-corrected chi connectivity index (χ4v) is 2.46. The van der Waals surface area contributed by atoms with Crippen LogP contribution >= 0.6 is 0 Å². The molecule has 2 rings (SSSR count). The summed E-state index contributed by atoms with van der Waals surface area (Å²) in [6.07, 6.45) is 3.74. The Labute approximate surface area is 135 Å². The summed E-state index contributed by atoms with van der Waals surface area (Å²) in [4.78, 5) is 11.2. The van der Waals surface area contributed by atoms with E-state index in [0.717, 1.165) is 16.3 Å². The maximum absolute atomic E-state index is 11.2. The molecule has 0 fully saturated rings. The molecule has 5 nitrogen and oxygen atoms in total. The minimum Gasteiger partial charge on any atom is -0.496 e. The maximum atomic E-state index is 11.2. The summed E-state index contributed by atoms with van der Waals surface area (Å²) in [6.45, 7) is 0. The summed E-state index contributed by atoms with van der Waals surface area (Å²) in [5.74, 6) is 1.79. The minimum absolute atomic E-state index is 0.193. The van der Waals surface area contributed by atoms with Gasteiger partial charge in [-0.1, -0.05) is 24.3 Å². The lowest BCUT2D eigenvalue weighted by molar-refractivity contribution is -0.139. The molecule has 0 N–H and O–H groups in total. The fourth-order valence-electron chi connectivity index (χ4n) is 2.46. The van der Waals surface area contributed by atoms with Crippen LogP contribution in [0.4, 0.5) is 0 Å². The second kappa shape index (κ2) is 7.54. The largest absolute Gasteiger partial charge is 0.496 e. The third kappa shape index (κ3) is 3.39. The first-order chi connectivity index (χ1) is 11.2. The Kier molecular flexibility index (Phi) is 5.46. The number of carbonyl (C=O) groups is 1. The molecule has 5 heteroatoms. The van der Waals surface area contributed by atoms with Crippen LogP contribution in [0.25, 0.3) is 16.8 Å². The van der Waals surface area contributed by atoms with Gasteiger partial charge in [-0.25, -0.2) is 0 Å². The van der Waals surface area contributed by atoms with Gasteiger partial charge in [0.05, 0.1) is 40.2 Å². The molecule has 0 atom stereocenters. The van der Waals surface area contributed by atoms with Crippen LogP contribution in [0.15, 0.2) is 30.3 Å². The van der Waals surface area contributed by atoms with Gasteiger partial charge in [-0.2, -0.15) is 0 Å². The lowest BCUT2D eigenvalue weighted by Crippen LogP contribution is -1.97. The van der Waals surface area contributed by atoms with Crippen molar-refractivity contribution in [3.05, 3.63) is 35.9 Å². The Morgan fingerprint density at radius 1 is 1.04 bits per heavy atom. The number of hydrogen-bond donors (Lipinski definition) is 0. The van der Waals surface area contributed by atoms with Crippen LogP contribution in [0, 0.1) is 0 Å². The van der Waals surface area contributed by atoms with E-state index < -0.39 is 0 Å². The van der Waals surface area contributed by atoms with Crippen LogP contribution < -0.4 is 14.2 Å². The quantitative estimate of drug-likeness (QED) is 0.764. The lowest BCUT2D eigenvalue weighted by atomic mass is 10.0. The van der Waals surface area contributed by atoms with E-state index in [1.54, 1.807) is 27.4 Å². The number of hydrogen-bond acceptors (Lipinski definition) is 5. The smallest absolute Gasteiger partial charge is 0.309 e. The molecule has 0 radical (unpaired) electrons. The Bertz CT molecular complexity index is 734. The van der Waals surface area contributed by atoms with Gasteiger partial charge >= 0.3 is 5.97 Å². The van der Waals surface area contributed by atoms with Crippen molar-refractivity contribution in [2.45, 2.75) is 6.42 Å². The molecule has 2 aromatic rings. The summed E-state index contributed by atoms with van der Waals surface area (Å²) in [5, 5.41) is 1.73. The van der Waals surface area contributed by atoms with Crippen molar-refractivity contribution in [1.82, 2.24) is 0 Å². The van der Waals surface area contributed by atoms with Gasteiger partial charge in [0.1, 0.15) is 17.2 Å². The fraction of sp³-hybridized carbons (Fsp3) is 0.278. The van der Waals surface area contributed by atoms with E-state index in [9.17, 15) is 4.79 Å². The number of carbonyl (C=O) groups excluding carboxylic acids is 1. The molecule has 0 heterocycles. The molecule has 0 saturated carbocycles. The summed E-state index contributed by atoms with van der Waals surface area (Å²) in [7, 11) is 6.20. The zero-order chi connectivity index (χ0) is 16.8. The Balaban J connectivity index is 2.60. The predicted molar refractivity (Wildman–Crippen MR) is 89.3 cm³/mol. The van der Waals surface area contributed by atoms with Gasteiger partial charge in [0, 0.05) is 10.9 Å². The second-order valence-electron chi connectivity index (χ2n) is 4.77. The summed E-state index contributed by atoms with van der Waals surface area (Å²) < 4.78 is 21.1. The molecule has 0 spiro atoms. The third-order valence-corrected chi connectivity index (χ3v) is 3.52. The molecule has 0 aliphatic heterocycles. The standard InChI is InChI=1S/C18H20O5/c1-20-14-9-6-8-13-17(14)15(21-2)11-12(18(13)23-4)7-5-10-16(19)22-3/h5-9,11H,10H2,1-4H3/b7-5+. The Morgan fingerprint density at radius 3 is 2.39 bits per heavy atom. The van der Waals surface area contributed by atoms with Crippen molar-refractivity contribution in [2.75, 3.05) is 28.4 Å². The molecule has 0 aromatic heterocycles. The van der Waals surface area contributed by atoms with Crippen molar-refractivity contribution in [3.8, 4) is 17.2 Å². The number of methoxy groups -OCH3 is 4. The van der Waals surface area contributed by atoms with Crippen molar-refractivity contribution < 1.29 is 23.7 Å². The number of esters is 1. The zero-order valence-electron chi connectivity index (χ0n) is 13.7. The molecule has 0 bridgehead atoms. The second-order valence-corrected chi connectivity index (χ2v) is 4.77. The van der Waals surface area contributed by atoms with E-state index in [1.165, 1.54) is 7.11 Å². The summed E-state index contributed by atoms with van der Waals surface area (Å²) >= 11 is 0. The Hall–Kier alpha value is -2.69. The average Bonchev–Trinajstić information content (AvgIpc) is 2.59. The molecule has 0 unspecified atom stereocenters. The van der Waals surface area contributed by atoms with Gasteiger partial charge in [-0.05, 0) is 12.1 Å². The highest BCUT2D eigenvalue weighted by atomic mass is 16.5. The number of rotatable bonds is 6. The highest BCUT2D eigenvalue weighted by Crippen LogP contribution is 2.42. The normalized spacial score (nSPS) is 10.8. The molecular formula is C18H20O5. The van der Waals surface area contributed by atoms with Gasteiger partial charge in [0.25, 0.3) is 0 Å². The third-order valence-electron chi connectivity index (χ3n) is 3.52. The van der Waals surface area contributed by atoms with Crippen LogP contribution in [0.2, 0.25) is 0 Å². The number of fused-ring (bicyclic) bond motifs is 1. The first-order valence-electron chi connectivity index (χ1n) is 7.11. The number of ether oxygens (including phenoxy) is 4. The van der Waals surface area contributed by atoms with E-state index in [4.69, 9.17) is 14.2 Å². The SMILES string of the molecule is COC(=O)C/C=C/c1cc(OC)c2c(OC)cccc2c1OC. The van der Waals surface area contributed by atoms with E-state index >= 15 is 0 Å². The van der Waals surface area contributed by atoms with Gasteiger partial charge in [-0.15, -0.1) is 0 Å². The predicted octanol–water partition coefficient (Wildman–Crippen LogP) is 3.44. The van der Waals surface area contributed by atoms with E-state index in [0.29, 0.717) is 17.2 Å². The van der Waals surface area contributed by atoms with Crippen LogP contribution in [0.3, 0.4) is 0 Å². The Morgan fingerprint density at radius 2 is 1.78 bits per heavy atom. The highest BCUT2D eigenvalue weighted by Gasteiger charge is 2.15. The van der Waals surface area contributed by atoms with Crippen LogP contribution in [0.1, 0.15) is 12.0 Å². The zero-order valence-corrected chi connectivity index (χ0v) is 13.7. The summed E-state index contributed by atoms with van der Waals surface area (Å²) in [6, 6.07) is 7.57. The van der Waals surface area contributed by atoms with Crippen LogP contribution in [0.5, 0.6) is 17.2 Å². The van der Waals surface area contributed by atoms with E-state index in [-0.39, 0.29) is 12.4 Å².